The largest absolute Gasteiger partial charge is 0.304 e. The second-order valence-corrected chi connectivity index (χ2v) is 5.60. The van der Waals surface area contributed by atoms with E-state index in [9.17, 15) is 4.79 Å². The van der Waals surface area contributed by atoms with E-state index in [1.165, 1.54) is 0 Å². The predicted molar refractivity (Wildman–Crippen MR) is 92.7 cm³/mol. The van der Waals surface area contributed by atoms with Crippen LogP contribution >= 0.6 is 11.6 Å². The maximum Gasteiger partial charge on any atom is 0.296 e. The van der Waals surface area contributed by atoms with Crippen molar-refractivity contribution in [3.63, 3.8) is 0 Å². The number of hydrogen-bond donors (Lipinski definition) is 1. The van der Waals surface area contributed by atoms with Crippen molar-refractivity contribution in [1.82, 2.24) is 19.7 Å². The van der Waals surface area contributed by atoms with E-state index in [0.29, 0.717) is 28.8 Å². The number of pyridine rings is 1. The quantitative estimate of drug-likeness (QED) is 0.789. The Morgan fingerprint density at radius 2 is 2.04 bits per heavy atom. The highest BCUT2D eigenvalue weighted by Crippen LogP contribution is 2.21. The van der Waals surface area contributed by atoms with Gasteiger partial charge in [0.15, 0.2) is 0 Å². The molecule has 0 unspecified atom stereocenters. The van der Waals surface area contributed by atoms with Gasteiger partial charge in [-0.25, -0.2) is 14.6 Å². The number of nitrogens with zero attached hydrogens (tertiary/aromatic N) is 4. The SMILES string of the molecule is CCc1nc(C(=O)Nc2ncccc2C)nn1-c1ccccc1Cl. The van der Waals surface area contributed by atoms with E-state index >= 15 is 0 Å². The average Bonchev–Trinajstić information content (AvgIpc) is 3.01. The highest BCUT2D eigenvalue weighted by Gasteiger charge is 2.18. The number of benzene rings is 1. The van der Waals surface area contributed by atoms with Crippen molar-refractivity contribution in [2.24, 2.45) is 0 Å². The molecule has 0 saturated carbocycles. The van der Waals surface area contributed by atoms with Gasteiger partial charge in [0.25, 0.3) is 5.91 Å². The zero-order chi connectivity index (χ0) is 17.1. The minimum atomic E-state index is -0.405. The molecule has 2 heterocycles. The minimum Gasteiger partial charge on any atom is -0.304 e. The Kier molecular flexibility index (Phi) is 4.57. The summed E-state index contributed by atoms with van der Waals surface area (Å²) in [6.07, 6.45) is 2.24. The van der Waals surface area contributed by atoms with Gasteiger partial charge >= 0.3 is 0 Å². The van der Waals surface area contributed by atoms with Gasteiger partial charge in [-0.3, -0.25) is 4.79 Å². The topological polar surface area (TPSA) is 72.7 Å². The summed E-state index contributed by atoms with van der Waals surface area (Å²) in [5.74, 6) is 0.828. The highest BCUT2D eigenvalue weighted by atomic mass is 35.5. The molecule has 0 aliphatic carbocycles. The molecule has 1 amide bonds. The number of aromatic nitrogens is 4. The van der Waals surface area contributed by atoms with Crippen LogP contribution in [0.5, 0.6) is 0 Å². The number of aryl methyl sites for hydroxylation is 2. The first-order valence-corrected chi connectivity index (χ1v) is 7.91. The summed E-state index contributed by atoms with van der Waals surface area (Å²) in [5, 5.41) is 7.60. The monoisotopic (exact) mass is 341 g/mol. The molecule has 0 spiro atoms. The summed E-state index contributed by atoms with van der Waals surface area (Å²) in [5.41, 5.74) is 1.56. The third kappa shape index (κ3) is 3.14. The molecule has 122 valence electrons. The first-order chi connectivity index (χ1) is 11.6. The van der Waals surface area contributed by atoms with Gasteiger partial charge in [0.2, 0.25) is 5.82 Å². The van der Waals surface area contributed by atoms with Crippen molar-refractivity contribution in [2.75, 3.05) is 5.32 Å². The third-order valence-corrected chi connectivity index (χ3v) is 3.84. The molecule has 6 nitrogen and oxygen atoms in total. The van der Waals surface area contributed by atoms with Crippen molar-refractivity contribution in [2.45, 2.75) is 20.3 Å². The summed E-state index contributed by atoms with van der Waals surface area (Å²) >= 11 is 6.23. The van der Waals surface area contributed by atoms with Gasteiger partial charge in [0, 0.05) is 12.6 Å². The van der Waals surface area contributed by atoms with Crippen LogP contribution in [0.2, 0.25) is 5.02 Å². The Labute approximate surface area is 144 Å². The first-order valence-electron chi connectivity index (χ1n) is 7.54. The molecule has 1 N–H and O–H groups in total. The number of amides is 1. The Balaban J connectivity index is 1.94. The fourth-order valence-electron chi connectivity index (χ4n) is 2.27. The van der Waals surface area contributed by atoms with E-state index in [4.69, 9.17) is 11.6 Å². The Hall–Kier alpha value is -2.73. The van der Waals surface area contributed by atoms with Crippen LogP contribution in [-0.4, -0.2) is 25.7 Å². The Morgan fingerprint density at radius 3 is 2.75 bits per heavy atom. The molecular formula is C17H16ClN5O. The zero-order valence-electron chi connectivity index (χ0n) is 13.3. The summed E-state index contributed by atoms with van der Waals surface area (Å²) in [6.45, 7) is 3.82. The lowest BCUT2D eigenvalue weighted by atomic mass is 10.3. The molecule has 24 heavy (non-hydrogen) atoms. The van der Waals surface area contributed by atoms with E-state index in [1.54, 1.807) is 16.9 Å². The molecular weight excluding hydrogens is 326 g/mol. The molecule has 0 fully saturated rings. The predicted octanol–water partition coefficient (Wildman–Crippen LogP) is 3.44. The van der Waals surface area contributed by atoms with E-state index in [2.05, 4.69) is 20.4 Å². The number of carbonyl (C=O) groups is 1. The Morgan fingerprint density at radius 1 is 1.25 bits per heavy atom. The Bertz CT molecular complexity index is 890. The second-order valence-electron chi connectivity index (χ2n) is 5.19. The zero-order valence-corrected chi connectivity index (χ0v) is 14.1. The summed E-state index contributed by atoms with van der Waals surface area (Å²) in [6, 6.07) is 11.0. The highest BCUT2D eigenvalue weighted by molar-refractivity contribution is 6.32. The lowest BCUT2D eigenvalue weighted by molar-refractivity contribution is 0.101. The normalized spacial score (nSPS) is 10.6. The number of carbonyl (C=O) groups excluding carboxylic acids is 1. The minimum absolute atomic E-state index is 0.0804. The smallest absolute Gasteiger partial charge is 0.296 e. The van der Waals surface area contributed by atoms with Crippen LogP contribution in [-0.2, 0) is 6.42 Å². The fraction of sp³-hybridized carbons (Fsp3) is 0.176. The third-order valence-electron chi connectivity index (χ3n) is 3.52. The van der Waals surface area contributed by atoms with Crippen molar-refractivity contribution in [1.29, 1.82) is 0 Å². The van der Waals surface area contributed by atoms with Gasteiger partial charge in [-0.1, -0.05) is 36.7 Å². The lowest BCUT2D eigenvalue weighted by Gasteiger charge is -2.06. The van der Waals surface area contributed by atoms with Crippen LogP contribution in [0.25, 0.3) is 5.69 Å². The molecule has 0 bridgehead atoms. The van der Waals surface area contributed by atoms with Crippen LogP contribution in [0.1, 0.15) is 28.9 Å². The maximum atomic E-state index is 12.4. The standard InChI is InChI=1S/C17H16ClN5O/c1-3-14-20-16(17(24)21-15-11(2)7-6-10-19-15)22-23(14)13-9-5-4-8-12(13)18/h4-10H,3H2,1-2H3,(H,19,21,24). The van der Waals surface area contributed by atoms with Crippen LogP contribution in [0.4, 0.5) is 5.82 Å². The van der Waals surface area contributed by atoms with Crippen LogP contribution in [0, 0.1) is 6.92 Å². The van der Waals surface area contributed by atoms with Gasteiger partial charge in [-0.15, -0.1) is 5.10 Å². The van der Waals surface area contributed by atoms with Crippen LogP contribution < -0.4 is 5.32 Å². The van der Waals surface area contributed by atoms with Crippen LogP contribution in [0.15, 0.2) is 42.6 Å². The van der Waals surface area contributed by atoms with E-state index < -0.39 is 5.91 Å². The number of hydrogen-bond acceptors (Lipinski definition) is 4. The van der Waals surface area contributed by atoms with Gasteiger partial charge in [-0.05, 0) is 30.7 Å². The molecule has 0 atom stereocenters. The molecule has 1 aromatic carbocycles. The molecule has 0 saturated heterocycles. The second kappa shape index (κ2) is 6.80. The molecule has 3 aromatic rings. The number of nitrogens with one attached hydrogen (secondary N) is 1. The van der Waals surface area contributed by atoms with Crippen molar-refractivity contribution < 1.29 is 4.79 Å². The molecule has 3 rings (SSSR count). The fourth-order valence-corrected chi connectivity index (χ4v) is 2.48. The van der Waals surface area contributed by atoms with Gasteiger partial charge in [0.1, 0.15) is 11.6 Å². The molecule has 0 radical (unpaired) electrons. The lowest BCUT2D eigenvalue weighted by Crippen LogP contribution is -2.16. The van der Waals surface area contributed by atoms with Crippen molar-refractivity contribution in [3.05, 3.63) is 64.8 Å². The van der Waals surface area contributed by atoms with Crippen molar-refractivity contribution >= 4 is 23.3 Å². The summed E-state index contributed by atoms with van der Waals surface area (Å²) in [4.78, 5) is 20.9. The molecule has 7 heteroatoms. The van der Waals surface area contributed by atoms with Gasteiger partial charge in [-0.2, -0.15) is 0 Å². The number of anilines is 1. The van der Waals surface area contributed by atoms with Gasteiger partial charge in [0.05, 0.1) is 10.7 Å². The number of rotatable bonds is 4. The number of halogens is 1. The first kappa shape index (κ1) is 16.1. The van der Waals surface area contributed by atoms with Gasteiger partial charge < -0.3 is 5.32 Å². The van der Waals surface area contributed by atoms with E-state index in [0.717, 1.165) is 5.56 Å². The van der Waals surface area contributed by atoms with E-state index in [-0.39, 0.29) is 5.82 Å². The number of para-hydroxylation sites is 1. The maximum absolute atomic E-state index is 12.4. The average molecular weight is 342 g/mol. The van der Waals surface area contributed by atoms with Crippen molar-refractivity contribution in [3.8, 4) is 5.69 Å². The summed E-state index contributed by atoms with van der Waals surface area (Å²) in [7, 11) is 0. The molecule has 0 aliphatic heterocycles. The van der Waals surface area contributed by atoms with E-state index in [1.807, 2.05) is 44.2 Å². The molecule has 0 aliphatic rings. The summed E-state index contributed by atoms with van der Waals surface area (Å²) < 4.78 is 1.60. The molecule has 2 aromatic heterocycles. The van der Waals surface area contributed by atoms with Crippen LogP contribution in [0.3, 0.4) is 0 Å².